The van der Waals surface area contributed by atoms with Crippen molar-refractivity contribution in [2.45, 2.75) is 45.6 Å². The van der Waals surface area contributed by atoms with Crippen LogP contribution >= 0.6 is 0 Å². The lowest BCUT2D eigenvalue weighted by molar-refractivity contribution is 0.0481. The highest BCUT2D eigenvalue weighted by Gasteiger charge is 2.26. The Labute approximate surface area is 115 Å². The monoisotopic (exact) mass is 264 g/mol. The van der Waals surface area contributed by atoms with Gasteiger partial charge in [-0.1, -0.05) is 0 Å². The van der Waals surface area contributed by atoms with Crippen LogP contribution in [0.2, 0.25) is 0 Å². The van der Waals surface area contributed by atoms with Crippen molar-refractivity contribution in [3.05, 3.63) is 11.8 Å². The first-order chi connectivity index (χ1) is 9.02. The normalized spacial score (nSPS) is 24.1. The zero-order chi connectivity index (χ0) is 13.9. The second-order valence-electron chi connectivity index (χ2n) is 5.57. The van der Waals surface area contributed by atoms with E-state index in [0.717, 1.165) is 50.3 Å². The third-order valence-corrected chi connectivity index (χ3v) is 3.64. The molecule has 2 N–H and O–H groups in total. The highest BCUT2D eigenvalue weighted by molar-refractivity contribution is 5.49. The summed E-state index contributed by atoms with van der Waals surface area (Å²) in [6.45, 7) is 8.60. The Balaban J connectivity index is 2.18. The summed E-state index contributed by atoms with van der Waals surface area (Å²) < 4.78 is 0. The molecule has 106 valence electrons. The standard InChI is InChI=1S/C14H24N4O/c1-4-15-13-16-10-11(2)12(17-13)18-8-5-6-14(3,19)7-9-18/h10,19H,4-9H2,1-3H3,(H,15,16,17). The van der Waals surface area contributed by atoms with Gasteiger partial charge < -0.3 is 15.3 Å². The molecule has 19 heavy (non-hydrogen) atoms. The van der Waals surface area contributed by atoms with Gasteiger partial charge in [0, 0.05) is 31.4 Å². The molecule has 2 heterocycles. The molecule has 0 aliphatic carbocycles. The molecule has 0 bridgehead atoms. The van der Waals surface area contributed by atoms with E-state index < -0.39 is 5.60 Å². The van der Waals surface area contributed by atoms with Gasteiger partial charge in [0.05, 0.1) is 5.60 Å². The third kappa shape index (κ3) is 3.56. The number of aliphatic hydroxyl groups is 1. The van der Waals surface area contributed by atoms with Gasteiger partial charge >= 0.3 is 0 Å². The summed E-state index contributed by atoms with van der Waals surface area (Å²) in [6.07, 6.45) is 4.50. The molecule has 5 nitrogen and oxygen atoms in total. The summed E-state index contributed by atoms with van der Waals surface area (Å²) in [5, 5.41) is 13.3. The van der Waals surface area contributed by atoms with E-state index in [1.54, 1.807) is 0 Å². The van der Waals surface area contributed by atoms with Crippen LogP contribution in [0.1, 0.15) is 38.7 Å². The zero-order valence-electron chi connectivity index (χ0n) is 12.1. The maximum atomic E-state index is 10.2. The SMILES string of the molecule is CCNc1ncc(C)c(N2CCCC(C)(O)CC2)n1. The molecule has 1 atom stereocenters. The number of nitrogens with one attached hydrogen (secondary N) is 1. The molecular weight excluding hydrogens is 240 g/mol. The number of aryl methyl sites for hydroxylation is 1. The Kier molecular flexibility index (Phi) is 4.24. The molecule has 0 saturated carbocycles. The number of hydrogen-bond donors (Lipinski definition) is 2. The summed E-state index contributed by atoms with van der Waals surface area (Å²) in [7, 11) is 0. The van der Waals surface area contributed by atoms with E-state index in [4.69, 9.17) is 0 Å². The fourth-order valence-corrected chi connectivity index (χ4v) is 2.47. The molecule has 1 aliphatic rings. The van der Waals surface area contributed by atoms with Gasteiger partial charge in [-0.25, -0.2) is 4.98 Å². The lowest BCUT2D eigenvalue weighted by Crippen LogP contribution is -2.29. The lowest BCUT2D eigenvalue weighted by atomic mass is 9.98. The highest BCUT2D eigenvalue weighted by Crippen LogP contribution is 2.26. The van der Waals surface area contributed by atoms with E-state index in [-0.39, 0.29) is 0 Å². The number of nitrogens with zero attached hydrogens (tertiary/aromatic N) is 3. The Morgan fingerprint density at radius 3 is 2.95 bits per heavy atom. The van der Waals surface area contributed by atoms with Crippen molar-refractivity contribution >= 4 is 11.8 Å². The van der Waals surface area contributed by atoms with Gasteiger partial charge in [-0.2, -0.15) is 4.98 Å². The maximum absolute atomic E-state index is 10.2. The van der Waals surface area contributed by atoms with Crippen molar-refractivity contribution in [3.63, 3.8) is 0 Å². The Bertz CT molecular complexity index is 433. The van der Waals surface area contributed by atoms with E-state index >= 15 is 0 Å². The molecule has 2 rings (SSSR count). The van der Waals surface area contributed by atoms with Crippen LogP contribution in [-0.4, -0.2) is 40.3 Å². The summed E-state index contributed by atoms with van der Waals surface area (Å²) in [6, 6.07) is 0. The predicted molar refractivity (Wildman–Crippen MR) is 77.6 cm³/mol. The largest absolute Gasteiger partial charge is 0.390 e. The molecular formula is C14H24N4O. The summed E-state index contributed by atoms with van der Waals surface area (Å²) in [5.74, 6) is 1.67. The van der Waals surface area contributed by atoms with Crippen LogP contribution in [-0.2, 0) is 0 Å². The van der Waals surface area contributed by atoms with Crippen molar-refractivity contribution in [2.24, 2.45) is 0 Å². The molecule has 1 fully saturated rings. The number of aromatic nitrogens is 2. The average Bonchev–Trinajstić information content (AvgIpc) is 2.53. The van der Waals surface area contributed by atoms with Crippen LogP contribution in [0.15, 0.2) is 6.20 Å². The van der Waals surface area contributed by atoms with Gasteiger partial charge in [0.15, 0.2) is 0 Å². The average molecular weight is 264 g/mol. The Morgan fingerprint density at radius 1 is 1.42 bits per heavy atom. The number of hydrogen-bond acceptors (Lipinski definition) is 5. The fraction of sp³-hybridized carbons (Fsp3) is 0.714. The van der Waals surface area contributed by atoms with Crippen LogP contribution in [0.5, 0.6) is 0 Å². The maximum Gasteiger partial charge on any atom is 0.224 e. The summed E-state index contributed by atoms with van der Waals surface area (Å²) in [4.78, 5) is 11.1. The van der Waals surface area contributed by atoms with Crippen LogP contribution in [0.4, 0.5) is 11.8 Å². The van der Waals surface area contributed by atoms with Crippen LogP contribution < -0.4 is 10.2 Å². The molecule has 0 aromatic carbocycles. The topological polar surface area (TPSA) is 61.3 Å². The minimum atomic E-state index is -0.541. The van der Waals surface area contributed by atoms with Crippen molar-refractivity contribution < 1.29 is 5.11 Å². The van der Waals surface area contributed by atoms with Crippen LogP contribution in [0, 0.1) is 6.92 Å². The van der Waals surface area contributed by atoms with Gasteiger partial charge in [-0.05, 0) is 40.0 Å². The fourth-order valence-electron chi connectivity index (χ4n) is 2.47. The van der Waals surface area contributed by atoms with Gasteiger partial charge in [0.2, 0.25) is 5.95 Å². The second kappa shape index (κ2) is 5.74. The van der Waals surface area contributed by atoms with Gasteiger partial charge in [0.25, 0.3) is 0 Å². The molecule has 0 amide bonds. The molecule has 1 unspecified atom stereocenters. The quantitative estimate of drug-likeness (QED) is 0.874. The first-order valence-corrected chi connectivity index (χ1v) is 7.07. The molecule has 0 spiro atoms. The number of anilines is 2. The van der Waals surface area contributed by atoms with Crippen LogP contribution in [0.3, 0.4) is 0 Å². The van der Waals surface area contributed by atoms with Gasteiger partial charge in [-0.3, -0.25) is 0 Å². The van der Waals surface area contributed by atoms with Gasteiger partial charge in [-0.15, -0.1) is 0 Å². The smallest absolute Gasteiger partial charge is 0.224 e. The second-order valence-corrected chi connectivity index (χ2v) is 5.57. The molecule has 1 saturated heterocycles. The van der Waals surface area contributed by atoms with E-state index in [1.165, 1.54) is 0 Å². The van der Waals surface area contributed by atoms with Crippen molar-refractivity contribution in [2.75, 3.05) is 29.9 Å². The van der Waals surface area contributed by atoms with Crippen LogP contribution in [0.25, 0.3) is 0 Å². The van der Waals surface area contributed by atoms with E-state index in [1.807, 2.05) is 27.0 Å². The molecule has 1 aromatic heterocycles. The highest BCUT2D eigenvalue weighted by atomic mass is 16.3. The van der Waals surface area contributed by atoms with E-state index in [0.29, 0.717) is 5.95 Å². The third-order valence-electron chi connectivity index (χ3n) is 3.64. The molecule has 0 radical (unpaired) electrons. The lowest BCUT2D eigenvalue weighted by Gasteiger charge is -2.24. The van der Waals surface area contributed by atoms with Crippen molar-refractivity contribution in [3.8, 4) is 0 Å². The van der Waals surface area contributed by atoms with Crippen molar-refractivity contribution in [1.82, 2.24) is 9.97 Å². The van der Waals surface area contributed by atoms with Crippen molar-refractivity contribution in [1.29, 1.82) is 0 Å². The predicted octanol–water partition coefficient (Wildman–Crippen LogP) is 1.96. The first kappa shape index (κ1) is 14.1. The Morgan fingerprint density at radius 2 is 2.21 bits per heavy atom. The van der Waals surface area contributed by atoms with E-state index in [9.17, 15) is 5.11 Å². The number of rotatable bonds is 3. The minimum Gasteiger partial charge on any atom is -0.390 e. The first-order valence-electron chi connectivity index (χ1n) is 7.07. The van der Waals surface area contributed by atoms with Gasteiger partial charge in [0.1, 0.15) is 5.82 Å². The molecule has 5 heteroatoms. The molecule has 1 aromatic rings. The summed E-state index contributed by atoms with van der Waals surface area (Å²) >= 11 is 0. The summed E-state index contributed by atoms with van der Waals surface area (Å²) in [5.41, 5.74) is 0.545. The zero-order valence-corrected chi connectivity index (χ0v) is 12.1. The van der Waals surface area contributed by atoms with E-state index in [2.05, 4.69) is 20.2 Å². The Hall–Kier alpha value is -1.36. The minimum absolute atomic E-state index is 0.541. The molecule has 1 aliphatic heterocycles.